The summed E-state index contributed by atoms with van der Waals surface area (Å²) >= 11 is 1.42. The molecule has 0 amide bonds. The molecular formula is C12H14FN3O2S2. The summed E-state index contributed by atoms with van der Waals surface area (Å²) in [6, 6.07) is 3.28. The molecule has 2 rings (SSSR count). The number of hydrogen-bond donors (Lipinski definition) is 1. The Balaban J connectivity index is 2.29. The largest absolute Gasteiger partial charge is 0.399 e. The first kappa shape index (κ1) is 14.9. The van der Waals surface area contributed by atoms with Crippen molar-refractivity contribution in [2.75, 3.05) is 12.8 Å². The van der Waals surface area contributed by atoms with Crippen molar-refractivity contribution in [2.24, 2.45) is 0 Å². The smallest absolute Gasteiger partial charge is 0.243 e. The Kier molecular flexibility index (Phi) is 4.07. The van der Waals surface area contributed by atoms with Crippen LogP contribution in [0.4, 0.5) is 10.1 Å². The van der Waals surface area contributed by atoms with Gasteiger partial charge in [0, 0.05) is 30.4 Å². The third kappa shape index (κ3) is 3.14. The van der Waals surface area contributed by atoms with Crippen LogP contribution >= 0.6 is 11.3 Å². The molecule has 1 heterocycles. The zero-order chi connectivity index (χ0) is 14.9. The number of nitrogens with two attached hydrogens (primary N) is 1. The molecule has 2 aromatic rings. The maximum absolute atomic E-state index is 13.3. The summed E-state index contributed by atoms with van der Waals surface area (Å²) in [6.07, 6.45) is 1.63. The topological polar surface area (TPSA) is 76.3 Å². The van der Waals surface area contributed by atoms with Gasteiger partial charge in [-0.15, -0.1) is 11.3 Å². The number of halogens is 1. The lowest BCUT2D eigenvalue weighted by molar-refractivity contribution is 0.468. The molecule has 0 aliphatic heterocycles. The molecule has 0 saturated heterocycles. The Morgan fingerprint density at radius 1 is 1.40 bits per heavy atom. The van der Waals surface area contributed by atoms with Crippen LogP contribution in [0.2, 0.25) is 0 Å². The van der Waals surface area contributed by atoms with Gasteiger partial charge < -0.3 is 5.73 Å². The molecule has 0 spiro atoms. The fourth-order valence-corrected chi connectivity index (χ4v) is 3.84. The van der Waals surface area contributed by atoms with E-state index in [9.17, 15) is 12.8 Å². The first-order chi connectivity index (χ1) is 9.29. The molecular weight excluding hydrogens is 301 g/mol. The number of thiazole rings is 1. The highest BCUT2D eigenvalue weighted by Gasteiger charge is 2.22. The highest BCUT2D eigenvalue weighted by Crippen LogP contribution is 2.22. The van der Waals surface area contributed by atoms with Crippen LogP contribution < -0.4 is 5.73 Å². The predicted molar refractivity (Wildman–Crippen MR) is 76.3 cm³/mol. The predicted octanol–water partition coefficient (Wildman–Crippen LogP) is 1.99. The second kappa shape index (κ2) is 5.47. The summed E-state index contributed by atoms with van der Waals surface area (Å²) in [7, 11) is -2.34. The summed E-state index contributed by atoms with van der Waals surface area (Å²) in [4.78, 5) is 4.73. The van der Waals surface area contributed by atoms with Crippen LogP contribution in [0, 0.1) is 12.7 Å². The van der Waals surface area contributed by atoms with E-state index in [1.165, 1.54) is 24.5 Å². The van der Waals surface area contributed by atoms with Crippen molar-refractivity contribution in [2.45, 2.75) is 18.4 Å². The Hall–Kier alpha value is -1.51. The summed E-state index contributed by atoms with van der Waals surface area (Å²) in [5.41, 5.74) is 5.56. The molecule has 0 unspecified atom stereocenters. The van der Waals surface area contributed by atoms with Gasteiger partial charge in [-0.3, -0.25) is 0 Å². The molecule has 0 saturated carbocycles. The second-order valence-electron chi connectivity index (χ2n) is 4.33. The molecule has 5 nitrogen and oxygen atoms in total. The molecule has 108 valence electrons. The maximum atomic E-state index is 13.3. The van der Waals surface area contributed by atoms with Crippen molar-refractivity contribution in [3.05, 3.63) is 40.1 Å². The van der Waals surface area contributed by atoms with E-state index in [2.05, 4.69) is 4.98 Å². The quantitative estimate of drug-likeness (QED) is 0.876. The van der Waals surface area contributed by atoms with Crippen LogP contribution in [-0.4, -0.2) is 24.8 Å². The lowest BCUT2D eigenvalue weighted by Gasteiger charge is -2.16. The van der Waals surface area contributed by atoms with Gasteiger partial charge in [0.15, 0.2) is 0 Å². The first-order valence-electron chi connectivity index (χ1n) is 5.73. The molecule has 0 bridgehead atoms. The number of aryl methyl sites for hydroxylation is 1. The Bertz CT molecular complexity index is 708. The van der Waals surface area contributed by atoms with Crippen molar-refractivity contribution in [3.63, 3.8) is 0 Å². The molecule has 20 heavy (non-hydrogen) atoms. The lowest BCUT2D eigenvalue weighted by atomic mass is 10.3. The Labute approximate surface area is 120 Å². The van der Waals surface area contributed by atoms with Gasteiger partial charge in [-0.1, -0.05) is 0 Å². The van der Waals surface area contributed by atoms with Crippen LogP contribution in [0.3, 0.4) is 0 Å². The van der Waals surface area contributed by atoms with Crippen LogP contribution in [-0.2, 0) is 16.6 Å². The minimum absolute atomic E-state index is 0.0746. The Morgan fingerprint density at radius 2 is 2.10 bits per heavy atom. The number of sulfonamides is 1. The highest BCUT2D eigenvalue weighted by molar-refractivity contribution is 7.89. The lowest BCUT2D eigenvalue weighted by Crippen LogP contribution is -2.26. The van der Waals surface area contributed by atoms with E-state index in [0.29, 0.717) is 0 Å². The van der Waals surface area contributed by atoms with E-state index >= 15 is 0 Å². The zero-order valence-corrected chi connectivity index (χ0v) is 12.6. The SMILES string of the molecule is Cc1ncc(CN(C)S(=O)(=O)c2cc(N)cc(F)c2)s1. The van der Waals surface area contributed by atoms with Crippen molar-refractivity contribution < 1.29 is 12.8 Å². The fraction of sp³-hybridized carbons (Fsp3) is 0.250. The molecule has 0 aliphatic carbocycles. The minimum atomic E-state index is -3.78. The zero-order valence-electron chi connectivity index (χ0n) is 11.0. The summed E-state index contributed by atoms with van der Waals surface area (Å²) in [6.45, 7) is 2.03. The number of nitrogen functional groups attached to an aromatic ring is 1. The molecule has 1 aromatic heterocycles. The summed E-state index contributed by atoms with van der Waals surface area (Å²) in [5, 5.41) is 0.862. The van der Waals surface area contributed by atoms with E-state index < -0.39 is 15.8 Å². The third-order valence-electron chi connectivity index (χ3n) is 2.65. The second-order valence-corrected chi connectivity index (χ2v) is 7.69. The average Bonchev–Trinajstić information content (AvgIpc) is 2.73. The number of anilines is 1. The van der Waals surface area contributed by atoms with E-state index in [0.717, 1.165) is 26.3 Å². The van der Waals surface area contributed by atoms with E-state index in [4.69, 9.17) is 5.73 Å². The molecule has 2 N–H and O–H groups in total. The van der Waals surface area contributed by atoms with E-state index in [-0.39, 0.29) is 17.1 Å². The molecule has 0 atom stereocenters. The molecule has 1 aromatic carbocycles. The van der Waals surface area contributed by atoms with Gasteiger partial charge in [0.25, 0.3) is 0 Å². The van der Waals surface area contributed by atoms with Gasteiger partial charge in [-0.05, 0) is 25.1 Å². The fourth-order valence-electron chi connectivity index (χ4n) is 1.70. The van der Waals surface area contributed by atoms with Crippen LogP contribution in [0.25, 0.3) is 0 Å². The minimum Gasteiger partial charge on any atom is -0.399 e. The van der Waals surface area contributed by atoms with Gasteiger partial charge in [0.05, 0.1) is 9.90 Å². The standard InChI is InChI=1S/C12H14FN3O2S2/c1-8-15-6-11(19-8)7-16(2)20(17,18)12-4-9(13)3-10(14)5-12/h3-6H,7,14H2,1-2H3. The first-order valence-corrected chi connectivity index (χ1v) is 7.98. The van der Waals surface area contributed by atoms with E-state index in [1.54, 1.807) is 6.20 Å². The number of benzene rings is 1. The third-order valence-corrected chi connectivity index (χ3v) is 5.33. The molecule has 0 radical (unpaired) electrons. The van der Waals surface area contributed by atoms with E-state index in [1.807, 2.05) is 6.92 Å². The Morgan fingerprint density at radius 3 is 2.65 bits per heavy atom. The normalized spacial score (nSPS) is 12.0. The van der Waals surface area contributed by atoms with Gasteiger partial charge in [0.1, 0.15) is 5.82 Å². The maximum Gasteiger partial charge on any atom is 0.243 e. The number of rotatable bonds is 4. The number of hydrogen-bond acceptors (Lipinski definition) is 5. The van der Waals surface area contributed by atoms with Gasteiger partial charge in [-0.2, -0.15) is 4.31 Å². The van der Waals surface area contributed by atoms with Crippen molar-refractivity contribution >= 4 is 27.0 Å². The number of aromatic nitrogens is 1. The average molecular weight is 315 g/mol. The molecule has 0 aliphatic rings. The van der Waals surface area contributed by atoms with Gasteiger partial charge in [0.2, 0.25) is 10.0 Å². The van der Waals surface area contributed by atoms with Crippen LogP contribution in [0.5, 0.6) is 0 Å². The summed E-state index contributed by atoms with van der Waals surface area (Å²) in [5.74, 6) is -0.675. The molecule has 0 fully saturated rings. The van der Waals surface area contributed by atoms with Crippen LogP contribution in [0.1, 0.15) is 9.88 Å². The summed E-state index contributed by atoms with van der Waals surface area (Å²) < 4.78 is 39.1. The highest BCUT2D eigenvalue weighted by atomic mass is 32.2. The van der Waals surface area contributed by atoms with Gasteiger partial charge >= 0.3 is 0 Å². The van der Waals surface area contributed by atoms with Crippen molar-refractivity contribution in [1.82, 2.24) is 9.29 Å². The number of nitrogens with zero attached hydrogens (tertiary/aromatic N) is 2. The monoisotopic (exact) mass is 315 g/mol. The van der Waals surface area contributed by atoms with Crippen molar-refractivity contribution in [3.8, 4) is 0 Å². The van der Waals surface area contributed by atoms with Gasteiger partial charge in [-0.25, -0.2) is 17.8 Å². The molecule has 8 heteroatoms. The van der Waals surface area contributed by atoms with Crippen LogP contribution in [0.15, 0.2) is 29.3 Å². The van der Waals surface area contributed by atoms with Crippen molar-refractivity contribution in [1.29, 1.82) is 0 Å².